The van der Waals surface area contributed by atoms with E-state index in [0.29, 0.717) is 16.3 Å². The van der Waals surface area contributed by atoms with E-state index in [2.05, 4.69) is 10.6 Å². The number of carboxylic acids is 1. The molecule has 4 aromatic rings. The summed E-state index contributed by atoms with van der Waals surface area (Å²) in [6.45, 7) is 0. The van der Waals surface area contributed by atoms with Gasteiger partial charge in [-0.15, -0.1) is 11.3 Å². The molecule has 1 heterocycles. The average Bonchev–Trinajstić information content (AvgIpc) is 3.34. The second-order valence-electron chi connectivity index (χ2n) is 9.99. The number of amides is 2. The summed E-state index contributed by atoms with van der Waals surface area (Å²) in [5.41, 5.74) is 4.44. The van der Waals surface area contributed by atoms with Gasteiger partial charge >= 0.3 is 5.97 Å². The van der Waals surface area contributed by atoms with Crippen molar-refractivity contribution < 1.29 is 27.9 Å². The van der Waals surface area contributed by atoms with Gasteiger partial charge in [0.25, 0.3) is 20.9 Å². The van der Waals surface area contributed by atoms with Crippen LogP contribution < -0.4 is 10.6 Å². The van der Waals surface area contributed by atoms with E-state index in [1.165, 1.54) is 35.6 Å². The molecular formula is C31H27ClN2O6S2. The van der Waals surface area contributed by atoms with Gasteiger partial charge in [-0.1, -0.05) is 30.3 Å². The van der Waals surface area contributed by atoms with E-state index in [4.69, 9.17) is 15.8 Å². The topological polar surface area (TPSA) is 130 Å². The molecule has 3 N–H and O–H groups in total. The van der Waals surface area contributed by atoms with Crippen molar-refractivity contribution in [1.29, 1.82) is 0 Å². The molecule has 3 aromatic carbocycles. The molecule has 42 heavy (non-hydrogen) atoms. The number of halogens is 1. The molecule has 0 saturated heterocycles. The molecular weight excluding hydrogens is 596 g/mol. The van der Waals surface area contributed by atoms with Crippen LogP contribution in [-0.4, -0.2) is 31.3 Å². The fourth-order valence-corrected chi connectivity index (χ4v) is 6.99. The summed E-state index contributed by atoms with van der Waals surface area (Å²) in [4.78, 5) is 38.6. The van der Waals surface area contributed by atoms with Crippen molar-refractivity contribution in [2.24, 2.45) is 0 Å². The highest BCUT2D eigenvalue weighted by atomic mass is 35.7. The Hall–Kier alpha value is -3.99. The molecule has 216 valence electrons. The lowest BCUT2D eigenvalue weighted by molar-refractivity contribution is 0.0696. The van der Waals surface area contributed by atoms with Crippen molar-refractivity contribution in [3.8, 4) is 0 Å². The number of fused-ring (bicyclic) bond motifs is 1. The van der Waals surface area contributed by atoms with E-state index >= 15 is 0 Å². The Morgan fingerprint density at radius 2 is 1.45 bits per heavy atom. The van der Waals surface area contributed by atoms with Crippen LogP contribution in [0.2, 0.25) is 0 Å². The van der Waals surface area contributed by atoms with Crippen LogP contribution in [0, 0.1) is 0 Å². The molecule has 0 radical (unpaired) electrons. The highest BCUT2D eigenvalue weighted by molar-refractivity contribution is 8.13. The third kappa shape index (κ3) is 6.89. The molecule has 0 spiro atoms. The van der Waals surface area contributed by atoms with Crippen LogP contribution in [0.4, 0.5) is 10.7 Å². The zero-order valence-corrected chi connectivity index (χ0v) is 24.7. The van der Waals surface area contributed by atoms with Crippen molar-refractivity contribution >= 4 is 59.5 Å². The molecule has 8 nitrogen and oxygen atoms in total. The highest BCUT2D eigenvalue weighted by Gasteiger charge is 2.27. The second-order valence-corrected chi connectivity index (χ2v) is 13.7. The van der Waals surface area contributed by atoms with E-state index < -0.39 is 20.9 Å². The van der Waals surface area contributed by atoms with Crippen LogP contribution >= 0.6 is 22.0 Å². The van der Waals surface area contributed by atoms with E-state index in [9.17, 15) is 22.8 Å². The van der Waals surface area contributed by atoms with E-state index in [1.807, 2.05) is 36.4 Å². The van der Waals surface area contributed by atoms with Crippen LogP contribution in [0.1, 0.15) is 65.5 Å². The number of nitrogens with one attached hydrogen (secondary N) is 2. The number of carbonyl (C=O) groups excluding carboxylic acids is 2. The SMILES string of the molecule is O=C(O)c1ccc(CCc2ccc(NC(=O)c3c(NC(=O)c4cccc(S(=O)(=O)Cl)c4)sc4c3CCCC4)cc2)cc1. The molecule has 0 fully saturated rings. The second kappa shape index (κ2) is 12.5. The van der Waals surface area contributed by atoms with E-state index in [0.717, 1.165) is 60.1 Å². The van der Waals surface area contributed by atoms with Gasteiger partial charge in [-0.2, -0.15) is 0 Å². The Labute approximate surface area is 251 Å². The van der Waals surface area contributed by atoms with Crippen LogP contribution in [0.5, 0.6) is 0 Å². The van der Waals surface area contributed by atoms with Gasteiger partial charge in [0.2, 0.25) is 0 Å². The Balaban J connectivity index is 1.30. The normalized spacial score (nSPS) is 12.8. The first-order valence-corrected chi connectivity index (χ1v) is 16.4. The van der Waals surface area contributed by atoms with Crippen molar-refractivity contribution in [3.63, 3.8) is 0 Å². The minimum atomic E-state index is -4.00. The third-order valence-corrected chi connectivity index (χ3v) is 9.68. The number of thiophene rings is 1. The smallest absolute Gasteiger partial charge is 0.335 e. The number of benzene rings is 3. The van der Waals surface area contributed by atoms with Crippen molar-refractivity contribution in [2.75, 3.05) is 10.6 Å². The number of hydrogen-bond donors (Lipinski definition) is 3. The van der Waals surface area contributed by atoms with Gasteiger partial charge in [-0.05, 0) is 97.7 Å². The summed E-state index contributed by atoms with van der Waals surface area (Å²) in [5, 5.41) is 15.3. The Morgan fingerprint density at radius 1 is 0.810 bits per heavy atom. The summed E-state index contributed by atoms with van der Waals surface area (Å²) in [6, 6.07) is 19.8. The van der Waals surface area contributed by atoms with Gasteiger partial charge in [0, 0.05) is 26.8 Å². The number of rotatable bonds is 9. The maximum absolute atomic E-state index is 13.5. The average molecular weight is 623 g/mol. The number of hydrogen-bond acceptors (Lipinski definition) is 6. The van der Waals surface area contributed by atoms with Crippen LogP contribution in [0.25, 0.3) is 0 Å². The quantitative estimate of drug-likeness (QED) is 0.182. The lowest BCUT2D eigenvalue weighted by atomic mass is 9.95. The molecule has 0 aliphatic heterocycles. The van der Waals surface area contributed by atoms with Crippen LogP contribution in [0.15, 0.2) is 77.7 Å². The van der Waals surface area contributed by atoms with Crippen LogP contribution in [0.3, 0.4) is 0 Å². The standard InChI is InChI=1S/C31H27ClN2O6S2/c32-42(39,40)24-5-3-4-22(18-24)28(35)34-30-27(25-6-1-2-7-26(25)41-30)29(36)33-23-16-12-20(13-17-23)9-8-19-10-14-21(15-11-19)31(37)38/h3-5,10-18H,1-2,6-9H2,(H,33,36)(H,34,35)(H,37,38). The van der Waals surface area contributed by atoms with Crippen molar-refractivity contribution in [1.82, 2.24) is 0 Å². The molecule has 1 aromatic heterocycles. The molecule has 5 rings (SSSR count). The monoisotopic (exact) mass is 622 g/mol. The third-order valence-electron chi connectivity index (χ3n) is 7.12. The summed E-state index contributed by atoms with van der Waals surface area (Å²) in [5.74, 6) is -1.81. The summed E-state index contributed by atoms with van der Waals surface area (Å²) in [6.07, 6.45) is 5.00. The molecule has 0 saturated carbocycles. The summed E-state index contributed by atoms with van der Waals surface area (Å²) < 4.78 is 23.5. The fourth-order valence-electron chi connectivity index (χ4n) is 4.91. The number of aryl methyl sites for hydroxylation is 3. The first-order valence-electron chi connectivity index (χ1n) is 13.3. The van der Waals surface area contributed by atoms with Crippen molar-refractivity contribution in [2.45, 2.75) is 43.4 Å². The van der Waals surface area contributed by atoms with Gasteiger partial charge in [0.1, 0.15) is 5.00 Å². The maximum Gasteiger partial charge on any atom is 0.335 e. The number of carboxylic acid groups (broad SMARTS) is 1. The minimum absolute atomic E-state index is 0.114. The van der Waals surface area contributed by atoms with Gasteiger partial charge in [0.15, 0.2) is 0 Å². The number of anilines is 2. The maximum atomic E-state index is 13.5. The number of aromatic carboxylic acids is 1. The predicted octanol–water partition coefficient (Wildman–Crippen LogP) is 6.54. The van der Waals surface area contributed by atoms with Gasteiger partial charge in [0.05, 0.1) is 16.0 Å². The summed E-state index contributed by atoms with van der Waals surface area (Å²) >= 11 is 1.37. The fraction of sp³-hybridized carbons (Fsp3) is 0.194. The van der Waals surface area contributed by atoms with Crippen molar-refractivity contribution in [3.05, 3.63) is 111 Å². The van der Waals surface area contributed by atoms with E-state index in [1.54, 1.807) is 12.1 Å². The molecule has 0 atom stereocenters. The first kappa shape index (κ1) is 29.5. The summed E-state index contributed by atoms with van der Waals surface area (Å²) in [7, 11) is 1.45. The Bertz CT molecular complexity index is 1760. The molecule has 1 aliphatic rings. The zero-order valence-electron chi connectivity index (χ0n) is 22.4. The largest absolute Gasteiger partial charge is 0.478 e. The van der Waals surface area contributed by atoms with E-state index in [-0.39, 0.29) is 21.9 Å². The minimum Gasteiger partial charge on any atom is -0.478 e. The Morgan fingerprint density at radius 3 is 2.10 bits per heavy atom. The first-order chi connectivity index (χ1) is 20.1. The lowest BCUT2D eigenvalue weighted by Gasteiger charge is -2.14. The molecule has 11 heteroatoms. The molecule has 0 unspecified atom stereocenters. The molecule has 2 amide bonds. The zero-order chi connectivity index (χ0) is 29.9. The van der Waals surface area contributed by atoms with Gasteiger partial charge < -0.3 is 15.7 Å². The molecule has 0 bridgehead atoms. The Kier molecular flexibility index (Phi) is 8.77. The highest BCUT2D eigenvalue weighted by Crippen LogP contribution is 2.39. The van der Waals surface area contributed by atoms with Crippen LogP contribution in [-0.2, 0) is 34.7 Å². The van der Waals surface area contributed by atoms with Gasteiger partial charge in [-0.25, -0.2) is 13.2 Å². The lowest BCUT2D eigenvalue weighted by Crippen LogP contribution is -2.18. The predicted molar refractivity (Wildman–Crippen MR) is 164 cm³/mol. The molecule has 1 aliphatic carbocycles. The van der Waals surface area contributed by atoms with Gasteiger partial charge in [-0.3, -0.25) is 9.59 Å². The number of carbonyl (C=O) groups is 3.